The fraction of sp³-hybridized carbons (Fsp3) is 0.269. The van der Waals surface area contributed by atoms with Gasteiger partial charge < -0.3 is 14.9 Å². The molecule has 4 aromatic rings. The van der Waals surface area contributed by atoms with Crippen LogP contribution in [0.4, 0.5) is 10.2 Å². The van der Waals surface area contributed by atoms with Crippen LogP contribution in [0.5, 0.6) is 0 Å². The molecule has 1 fully saturated rings. The first-order chi connectivity index (χ1) is 16.9. The molecule has 9 heteroatoms. The van der Waals surface area contributed by atoms with Crippen LogP contribution in [0.3, 0.4) is 0 Å². The number of pyridine rings is 1. The SMILES string of the molecule is CC(O)c1cccnc1N1CC[P](O)(c2cc(Cc3n[nH]c(=O)c4ccccc34)ccc2F)CC1. The van der Waals surface area contributed by atoms with Crippen molar-refractivity contribution in [1.82, 2.24) is 15.2 Å². The van der Waals surface area contributed by atoms with Gasteiger partial charge in [0.1, 0.15) is 11.6 Å². The van der Waals surface area contributed by atoms with Crippen LogP contribution in [0, 0.1) is 5.82 Å². The minimum Gasteiger partial charge on any atom is -0.389 e. The van der Waals surface area contributed by atoms with Crippen LogP contribution in [0.1, 0.15) is 29.8 Å². The fourth-order valence-corrected chi connectivity index (χ4v) is 7.46. The number of aliphatic hydroxyl groups excluding tert-OH is 1. The Kier molecular flexibility index (Phi) is 6.36. The molecule has 0 saturated carbocycles. The highest BCUT2D eigenvalue weighted by molar-refractivity contribution is 7.77. The van der Waals surface area contributed by atoms with Gasteiger partial charge in [-0.05, 0) is 36.8 Å². The largest absolute Gasteiger partial charge is 0.389 e. The zero-order valence-corrected chi connectivity index (χ0v) is 20.3. The van der Waals surface area contributed by atoms with Crippen LogP contribution in [-0.4, -0.2) is 50.6 Å². The minimum atomic E-state index is -2.72. The van der Waals surface area contributed by atoms with E-state index in [1.165, 1.54) is 6.07 Å². The third-order valence-electron chi connectivity index (χ3n) is 6.65. The predicted molar refractivity (Wildman–Crippen MR) is 137 cm³/mol. The molecule has 1 aliphatic heterocycles. The molecule has 3 N–H and O–H groups in total. The highest BCUT2D eigenvalue weighted by Gasteiger charge is 2.35. The Labute approximate surface area is 202 Å². The maximum Gasteiger partial charge on any atom is 0.272 e. The van der Waals surface area contributed by atoms with Gasteiger partial charge in [0.2, 0.25) is 0 Å². The summed E-state index contributed by atoms with van der Waals surface area (Å²) in [6.45, 7) is 2.75. The number of aromatic nitrogens is 3. The summed E-state index contributed by atoms with van der Waals surface area (Å²) in [4.78, 5) is 30.2. The van der Waals surface area contributed by atoms with Crippen molar-refractivity contribution in [3.63, 3.8) is 0 Å². The molecule has 2 aromatic heterocycles. The van der Waals surface area contributed by atoms with Gasteiger partial charge in [-0.15, -0.1) is 0 Å². The van der Waals surface area contributed by atoms with Crippen molar-refractivity contribution in [2.24, 2.45) is 0 Å². The third-order valence-corrected chi connectivity index (χ3v) is 9.77. The Bertz CT molecular complexity index is 1430. The van der Waals surface area contributed by atoms with Crippen molar-refractivity contribution in [2.45, 2.75) is 19.4 Å². The molecule has 1 atom stereocenters. The zero-order chi connectivity index (χ0) is 24.6. The quantitative estimate of drug-likeness (QED) is 0.369. The van der Waals surface area contributed by atoms with E-state index in [1.54, 1.807) is 43.5 Å². The van der Waals surface area contributed by atoms with Crippen LogP contribution in [-0.2, 0) is 6.42 Å². The summed E-state index contributed by atoms with van der Waals surface area (Å²) in [5.74, 6) is 0.304. The lowest BCUT2D eigenvalue weighted by Crippen LogP contribution is -2.41. The first-order valence-corrected chi connectivity index (χ1v) is 13.7. The van der Waals surface area contributed by atoms with Crippen molar-refractivity contribution >= 4 is 29.4 Å². The van der Waals surface area contributed by atoms with Gasteiger partial charge in [-0.3, -0.25) is 4.79 Å². The van der Waals surface area contributed by atoms with Crippen LogP contribution < -0.4 is 15.8 Å². The molecule has 0 bridgehead atoms. The summed E-state index contributed by atoms with van der Waals surface area (Å²) in [7, 11) is -2.72. The average Bonchev–Trinajstić information content (AvgIpc) is 2.87. The number of nitrogens with one attached hydrogen (secondary N) is 1. The van der Waals surface area contributed by atoms with E-state index in [-0.39, 0.29) is 5.56 Å². The first-order valence-electron chi connectivity index (χ1n) is 11.6. The number of anilines is 1. The molecule has 7 nitrogen and oxygen atoms in total. The van der Waals surface area contributed by atoms with Crippen LogP contribution in [0.15, 0.2) is 65.6 Å². The normalized spacial score (nSPS) is 16.4. The molecular weight excluding hydrogens is 466 g/mol. The number of hydrogen-bond acceptors (Lipinski definition) is 6. The average molecular weight is 493 g/mol. The fourth-order valence-electron chi connectivity index (χ4n) is 4.74. The molecule has 35 heavy (non-hydrogen) atoms. The molecule has 3 heterocycles. The maximum atomic E-state index is 15.0. The van der Waals surface area contributed by atoms with E-state index in [1.807, 2.05) is 18.2 Å². The lowest BCUT2D eigenvalue weighted by molar-refractivity contribution is 0.199. The van der Waals surface area contributed by atoms with Gasteiger partial charge >= 0.3 is 0 Å². The predicted octanol–water partition coefficient (Wildman–Crippen LogP) is 3.17. The first kappa shape index (κ1) is 23.5. The van der Waals surface area contributed by atoms with Gasteiger partial charge in [0, 0.05) is 61.8 Å². The number of fused-ring (bicyclic) bond motifs is 1. The molecule has 1 aliphatic rings. The maximum absolute atomic E-state index is 15.0. The molecule has 1 radical (unpaired) electrons. The Morgan fingerprint density at radius 2 is 1.86 bits per heavy atom. The van der Waals surface area contributed by atoms with Gasteiger partial charge in [0.25, 0.3) is 5.56 Å². The van der Waals surface area contributed by atoms with Gasteiger partial charge in [0.05, 0.1) is 17.2 Å². The second kappa shape index (κ2) is 9.46. The molecule has 181 valence electrons. The van der Waals surface area contributed by atoms with E-state index >= 15 is 0 Å². The van der Waals surface area contributed by atoms with Gasteiger partial charge in [0.15, 0.2) is 0 Å². The smallest absolute Gasteiger partial charge is 0.272 e. The topological polar surface area (TPSA) is 102 Å². The Morgan fingerprint density at radius 3 is 2.60 bits per heavy atom. The highest BCUT2D eigenvalue weighted by atomic mass is 31.2. The molecule has 0 amide bonds. The van der Waals surface area contributed by atoms with Gasteiger partial charge in [-0.1, -0.05) is 30.3 Å². The Hall–Kier alpha value is -3.19. The number of halogens is 1. The Morgan fingerprint density at radius 1 is 1.11 bits per heavy atom. The van der Waals surface area contributed by atoms with Crippen molar-refractivity contribution in [3.05, 3.63) is 93.8 Å². The van der Waals surface area contributed by atoms with E-state index in [4.69, 9.17) is 0 Å². The van der Waals surface area contributed by atoms with E-state index in [0.29, 0.717) is 54.0 Å². The summed E-state index contributed by atoms with van der Waals surface area (Å²) in [5.41, 5.74) is 2.01. The summed E-state index contributed by atoms with van der Waals surface area (Å²) in [5, 5.41) is 18.6. The molecule has 0 spiro atoms. The van der Waals surface area contributed by atoms with Gasteiger partial charge in [-0.2, -0.15) is 5.10 Å². The summed E-state index contributed by atoms with van der Waals surface area (Å²) in [6, 6.07) is 15.8. The number of hydrogen-bond donors (Lipinski definition) is 3. The third kappa shape index (κ3) is 4.57. The highest BCUT2D eigenvalue weighted by Crippen LogP contribution is 2.55. The van der Waals surface area contributed by atoms with E-state index < -0.39 is 19.4 Å². The minimum absolute atomic E-state index is 0.247. The number of benzene rings is 2. The summed E-state index contributed by atoms with van der Waals surface area (Å²) < 4.78 is 15.0. The molecule has 2 aromatic carbocycles. The number of H-pyrrole nitrogens is 1. The van der Waals surface area contributed by atoms with E-state index in [9.17, 15) is 19.2 Å². The van der Waals surface area contributed by atoms with Crippen LogP contribution >= 0.6 is 7.49 Å². The number of nitrogens with zero attached hydrogens (tertiary/aromatic N) is 3. The Balaban J connectivity index is 1.40. The molecular formula is C26H27FN4O3P. The summed E-state index contributed by atoms with van der Waals surface area (Å²) >= 11 is 0. The van der Waals surface area contributed by atoms with Crippen molar-refractivity contribution in [3.8, 4) is 0 Å². The second-order valence-electron chi connectivity index (χ2n) is 8.96. The molecule has 0 aliphatic carbocycles. The van der Waals surface area contributed by atoms with Crippen molar-refractivity contribution < 1.29 is 14.4 Å². The number of rotatable bonds is 5. The lowest BCUT2D eigenvalue weighted by atomic mass is 10.0. The van der Waals surface area contributed by atoms with Gasteiger partial charge in [-0.25, -0.2) is 14.5 Å². The van der Waals surface area contributed by atoms with Crippen LogP contribution in [0.25, 0.3) is 10.8 Å². The standard InChI is InChI=1S/C26H27FN4O3P/c1-17(32)19-7-4-10-28-25(19)31-11-13-35(34,14-12-31)24-16-18(8-9-22(24)27)15-23-20-5-2-3-6-21(20)26(33)30-29-23/h2-10,16-17,32,34H,11-15H2,1H3,(H,30,33). The van der Waals surface area contributed by atoms with Crippen molar-refractivity contribution in [1.29, 1.82) is 0 Å². The molecule has 1 unspecified atom stereocenters. The molecule has 1 saturated heterocycles. The van der Waals surface area contributed by atoms with Crippen molar-refractivity contribution in [2.75, 3.05) is 30.3 Å². The van der Waals surface area contributed by atoms with E-state index in [2.05, 4.69) is 20.1 Å². The molecule has 5 rings (SSSR count). The second-order valence-corrected chi connectivity index (χ2v) is 12.2. The summed E-state index contributed by atoms with van der Waals surface area (Å²) in [6.07, 6.45) is 2.31. The van der Waals surface area contributed by atoms with Crippen LogP contribution in [0.2, 0.25) is 0 Å². The number of aliphatic hydroxyl groups is 1. The van der Waals surface area contributed by atoms with E-state index in [0.717, 1.165) is 16.5 Å². The lowest BCUT2D eigenvalue weighted by Gasteiger charge is -2.41. The number of aromatic amines is 1. The zero-order valence-electron chi connectivity index (χ0n) is 19.4. The monoisotopic (exact) mass is 493 g/mol.